The van der Waals surface area contributed by atoms with Gasteiger partial charge >= 0.3 is 5.97 Å². The van der Waals surface area contributed by atoms with Crippen molar-refractivity contribution in [1.29, 1.82) is 0 Å². The standard InChI is InChI=1S/C19H30N2O3/c1-13(2)24-18(23)15-8-6-14(7-9-15)16(21-17(22)12-20)10-11-19(3,4)5/h6-9,13,16H,10-12,20H2,1-5H3,(H,21,22). The lowest BCUT2D eigenvalue weighted by Gasteiger charge is -2.24. The third-order valence-electron chi connectivity index (χ3n) is 3.60. The second-order valence-electron chi connectivity index (χ2n) is 7.50. The molecule has 1 aromatic carbocycles. The molecule has 0 aliphatic rings. The molecule has 0 saturated heterocycles. The Morgan fingerprint density at radius 2 is 1.75 bits per heavy atom. The van der Waals surface area contributed by atoms with Crippen LogP contribution in [0.5, 0.6) is 0 Å². The van der Waals surface area contributed by atoms with Gasteiger partial charge in [0.1, 0.15) is 0 Å². The Morgan fingerprint density at radius 1 is 1.17 bits per heavy atom. The molecular formula is C19H30N2O3. The van der Waals surface area contributed by atoms with Gasteiger partial charge in [0, 0.05) is 0 Å². The first-order valence-corrected chi connectivity index (χ1v) is 8.43. The van der Waals surface area contributed by atoms with Crippen LogP contribution in [-0.4, -0.2) is 24.5 Å². The van der Waals surface area contributed by atoms with Gasteiger partial charge in [-0.3, -0.25) is 4.79 Å². The van der Waals surface area contributed by atoms with E-state index in [9.17, 15) is 9.59 Å². The Balaban J connectivity index is 2.88. The second kappa shape index (κ2) is 8.83. The average Bonchev–Trinajstić information content (AvgIpc) is 2.49. The number of benzene rings is 1. The molecule has 0 aliphatic carbocycles. The van der Waals surface area contributed by atoms with Crippen molar-refractivity contribution < 1.29 is 14.3 Å². The summed E-state index contributed by atoms with van der Waals surface area (Å²) in [5, 5.41) is 2.96. The van der Waals surface area contributed by atoms with Crippen molar-refractivity contribution in [3.63, 3.8) is 0 Å². The molecule has 1 atom stereocenters. The Kier molecular flexibility index (Phi) is 7.42. The number of rotatable bonds is 7. The zero-order valence-electron chi connectivity index (χ0n) is 15.4. The number of nitrogens with two attached hydrogens (primary N) is 1. The first-order valence-electron chi connectivity index (χ1n) is 8.43. The predicted octanol–water partition coefficient (Wildman–Crippen LogP) is 3.19. The van der Waals surface area contributed by atoms with Crippen molar-refractivity contribution in [2.24, 2.45) is 11.1 Å². The Morgan fingerprint density at radius 3 is 2.21 bits per heavy atom. The van der Waals surface area contributed by atoms with Crippen LogP contribution in [0.1, 0.15) is 69.4 Å². The van der Waals surface area contributed by atoms with Gasteiger partial charge in [0.2, 0.25) is 5.91 Å². The lowest BCUT2D eigenvalue weighted by atomic mass is 9.87. The van der Waals surface area contributed by atoms with Crippen LogP contribution in [0.2, 0.25) is 0 Å². The fourth-order valence-corrected chi connectivity index (χ4v) is 2.29. The fourth-order valence-electron chi connectivity index (χ4n) is 2.29. The number of esters is 1. The maximum Gasteiger partial charge on any atom is 0.338 e. The summed E-state index contributed by atoms with van der Waals surface area (Å²) in [5.41, 5.74) is 7.06. The zero-order valence-corrected chi connectivity index (χ0v) is 15.4. The smallest absolute Gasteiger partial charge is 0.338 e. The summed E-state index contributed by atoms with van der Waals surface area (Å²) in [7, 11) is 0. The summed E-state index contributed by atoms with van der Waals surface area (Å²) >= 11 is 0. The van der Waals surface area contributed by atoms with Gasteiger partial charge in [-0.15, -0.1) is 0 Å². The third kappa shape index (κ3) is 7.13. The summed E-state index contributed by atoms with van der Waals surface area (Å²) in [4.78, 5) is 23.6. The van der Waals surface area contributed by atoms with Crippen LogP contribution in [0, 0.1) is 5.41 Å². The van der Waals surface area contributed by atoms with E-state index in [1.807, 2.05) is 26.0 Å². The van der Waals surface area contributed by atoms with Crippen LogP contribution in [0.3, 0.4) is 0 Å². The van der Waals surface area contributed by atoms with E-state index in [1.54, 1.807) is 12.1 Å². The normalized spacial score (nSPS) is 12.8. The van der Waals surface area contributed by atoms with E-state index in [0.717, 1.165) is 18.4 Å². The second-order valence-corrected chi connectivity index (χ2v) is 7.50. The lowest BCUT2D eigenvalue weighted by Crippen LogP contribution is -2.34. The molecule has 5 heteroatoms. The van der Waals surface area contributed by atoms with Crippen molar-refractivity contribution in [2.45, 2.75) is 59.6 Å². The Hall–Kier alpha value is -1.88. The summed E-state index contributed by atoms with van der Waals surface area (Å²) in [6, 6.07) is 7.08. The summed E-state index contributed by atoms with van der Waals surface area (Å²) in [5.74, 6) is -0.522. The van der Waals surface area contributed by atoms with Crippen LogP contribution in [-0.2, 0) is 9.53 Å². The number of hydrogen-bond acceptors (Lipinski definition) is 4. The van der Waals surface area contributed by atoms with Crippen LogP contribution in [0.25, 0.3) is 0 Å². The molecule has 0 aliphatic heterocycles. The van der Waals surface area contributed by atoms with Crippen LogP contribution >= 0.6 is 0 Å². The summed E-state index contributed by atoms with van der Waals surface area (Å²) < 4.78 is 5.19. The van der Waals surface area contributed by atoms with Crippen LogP contribution < -0.4 is 11.1 Å². The molecule has 24 heavy (non-hydrogen) atoms. The number of amides is 1. The van der Waals surface area contributed by atoms with Crippen molar-refractivity contribution >= 4 is 11.9 Å². The monoisotopic (exact) mass is 334 g/mol. The number of carbonyl (C=O) groups is 2. The van der Waals surface area contributed by atoms with Gasteiger partial charge in [-0.05, 0) is 49.8 Å². The maximum atomic E-state index is 11.9. The van der Waals surface area contributed by atoms with Gasteiger partial charge in [-0.2, -0.15) is 0 Å². The molecule has 0 fully saturated rings. The first kappa shape index (κ1) is 20.2. The average molecular weight is 334 g/mol. The third-order valence-corrected chi connectivity index (χ3v) is 3.60. The highest BCUT2D eigenvalue weighted by atomic mass is 16.5. The van der Waals surface area contributed by atoms with Gasteiger partial charge < -0.3 is 15.8 Å². The predicted molar refractivity (Wildman–Crippen MR) is 95.6 cm³/mol. The van der Waals surface area contributed by atoms with E-state index in [0.29, 0.717) is 5.56 Å². The Labute approximate surface area is 145 Å². The number of ether oxygens (including phenoxy) is 1. The van der Waals surface area contributed by atoms with E-state index in [1.165, 1.54) is 0 Å². The lowest BCUT2D eigenvalue weighted by molar-refractivity contribution is -0.120. The van der Waals surface area contributed by atoms with Gasteiger partial charge in [0.25, 0.3) is 0 Å². The molecule has 134 valence electrons. The molecular weight excluding hydrogens is 304 g/mol. The molecule has 1 rings (SSSR count). The SMILES string of the molecule is CC(C)OC(=O)c1ccc(C(CCC(C)(C)C)NC(=O)CN)cc1. The summed E-state index contributed by atoms with van der Waals surface area (Å²) in [6.45, 7) is 10.1. The van der Waals surface area contributed by atoms with Gasteiger partial charge in [0.05, 0.1) is 24.3 Å². The number of hydrogen-bond donors (Lipinski definition) is 2. The molecule has 1 unspecified atom stereocenters. The molecule has 0 heterocycles. The number of nitrogens with one attached hydrogen (secondary N) is 1. The van der Waals surface area contributed by atoms with E-state index in [2.05, 4.69) is 26.1 Å². The zero-order chi connectivity index (χ0) is 18.3. The quantitative estimate of drug-likeness (QED) is 0.750. The number of carbonyl (C=O) groups excluding carboxylic acids is 2. The highest BCUT2D eigenvalue weighted by molar-refractivity contribution is 5.89. The molecule has 0 radical (unpaired) electrons. The molecule has 0 spiro atoms. The molecule has 0 bridgehead atoms. The molecule has 0 saturated carbocycles. The van der Waals surface area contributed by atoms with E-state index in [-0.39, 0.29) is 36.0 Å². The van der Waals surface area contributed by atoms with Crippen molar-refractivity contribution in [3.8, 4) is 0 Å². The highest BCUT2D eigenvalue weighted by Gasteiger charge is 2.19. The minimum Gasteiger partial charge on any atom is -0.459 e. The molecule has 1 aromatic rings. The van der Waals surface area contributed by atoms with Crippen LogP contribution in [0.4, 0.5) is 0 Å². The summed E-state index contributed by atoms with van der Waals surface area (Å²) in [6.07, 6.45) is 1.62. The molecule has 3 N–H and O–H groups in total. The molecule has 1 amide bonds. The van der Waals surface area contributed by atoms with Gasteiger partial charge in [0.15, 0.2) is 0 Å². The van der Waals surface area contributed by atoms with Gasteiger partial charge in [-0.1, -0.05) is 32.9 Å². The van der Waals surface area contributed by atoms with E-state index in [4.69, 9.17) is 10.5 Å². The minimum atomic E-state index is -0.339. The minimum absolute atomic E-state index is 0.0369. The van der Waals surface area contributed by atoms with Crippen molar-refractivity contribution in [2.75, 3.05) is 6.54 Å². The maximum absolute atomic E-state index is 11.9. The van der Waals surface area contributed by atoms with E-state index >= 15 is 0 Å². The molecule has 0 aromatic heterocycles. The van der Waals surface area contributed by atoms with Crippen LogP contribution in [0.15, 0.2) is 24.3 Å². The van der Waals surface area contributed by atoms with Crippen molar-refractivity contribution in [1.82, 2.24) is 5.32 Å². The van der Waals surface area contributed by atoms with Gasteiger partial charge in [-0.25, -0.2) is 4.79 Å². The fraction of sp³-hybridized carbons (Fsp3) is 0.579. The first-order chi connectivity index (χ1) is 11.1. The van der Waals surface area contributed by atoms with E-state index < -0.39 is 0 Å². The molecule has 5 nitrogen and oxygen atoms in total. The largest absolute Gasteiger partial charge is 0.459 e. The topological polar surface area (TPSA) is 81.4 Å². The Bertz CT molecular complexity index is 545. The highest BCUT2D eigenvalue weighted by Crippen LogP contribution is 2.27. The van der Waals surface area contributed by atoms with Crippen molar-refractivity contribution in [3.05, 3.63) is 35.4 Å².